The Morgan fingerprint density at radius 3 is 2.50 bits per heavy atom. The summed E-state index contributed by atoms with van der Waals surface area (Å²) in [7, 11) is 0. The molecule has 0 unspecified atom stereocenters. The van der Waals surface area contributed by atoms with E-state index in [0.717, 1.165) is 31.4 Å². The lowest BCUT2D eigenvalue weighted by molar-refractivity contribution is -0.121. The molecule has 0 radical (unpaired) electrons. The van der Waals surface area contributed by atoms with Gasteiger partial charge in [-0.15, -0.1) is 0 Å². The van der Waals surface area contributed by atoms with Gasteiger partial charge in [0.15, 0.2) is 0 Å². The van der Waals surface area contributed by atoms with E-state index >= 15 is 0 Å². The van der Waals surface area contributed by atoms with Gasteiger partial charge in [0.2, 0.25) is 5.91 Å². The summed E-state index contributed by atoms with van der Waals surface area (Å²) in [6.45, 7) is 0. The van der Waals surface area contributed by atoms with Crippen LogP contribution >= 0.6 is 11.6 Å². The van der Waals surface area contributed by atoms with Crippen molar-refractivity contribution in [1.82, 2.24) is 0 Å². The van der Waals surface area contributed by atoms with E-state index < -0.39 is 6.23 Å². The summed E-state index contributed by atoms with van der Waals surface area (Å²) in [4.78, 5) is 13.9. The first-order chi connectivity index (χ1) is 8.68. The molecule has 3 atom stereocenters. The van der Waals surface area contributed by atoms with Gasteiger partial charge in [0.1, 0.15) is 6.23 Å². The van der Waals surface area contributed by atoms with Crippen LogP contribution < -0.4 is 4.90 Å². The number of halogens is 1. The monoisotopic (exact) mass is 265 g/mol. The maximum absolute atomic E-state index is 12.4. The number of aliphatic hydroxyl groups is 1. The van der Waals surface area contributed by atoms with Crippen molar-refractivity contribution in [3.8, 4) is 0 Å². The zero-order valence-electron chi connectivity index (χ0n) is 10.1. The molecule has 1 heterocycles. The first-order valence-corrected chi connectivity index (χ1v) is 6.83. The summed E-state index contributed by atoms with van der Waals surface area (Å²) >= 11 is 5.85. The maximum Gasteiger partial charge on any atom is 0.232 e. The van der Waals surface area contributed by atoms with Crippen molar-refractivity contribution in [2.45, 2.75) is 31.9 Å². The van der Waals surface area contributed by atoms with E-state index in [1.807, 2.05) is 0 Å². The smallest absolute Gasteiger partial charge is 0.232 e. The Hall–Kier alpha value is -1.06. The molecule has 1 amide bonds. The van der Waals surface area contributed by atoms with E-state index in [0.29, 0.717) is 5.02 Å². The number of benzene rings is 1. The molecule has 1 aromatic carbocycles. The number of amides is 1. The molecule has 0 aromatic heterocycles. The van der Waals surface area contributed by atoms with Crippen molar-refractivity contribution in [1.29, 1.82) is 0 Å². The fourth-order valence-corrected chi connectivity index (χ4v) is 3.33. The van der Waals surface area contributed by atoms with Gasteiger partial charge >= 0.3 is 0 Å². The average Bonchev–Trinajstić information content (AvgIpc) is 2.64. The Kier molecular flexibility index (Phi) is 3.04. The van der Waals surface area contributed by atoms with Gasteiger partial charge in [-0.2, -0.15) is 0 Å². The van der Waals surface area contributed by atoms with Crippen LogP contribution in [0.4, 0.5) is 5.69 Å². The standard InChI is InChI=1S/C14H16ClNO2/c15-9-5-7-10(8-6-9)16-13(17)11-3-1-2-4-12(11)14(16)18/h5-8,11-13,17H,1-4H2/t11-,12+,13-/m1/s1. The Balaban J connectivity index is 1.92. The molecule has 1 aliphatic carbocycles. The summed E-state index contributed by atoms with van der Waals surface area (Å²) in [5.74, 6) is 0.167. The molecule has 2 fully saturated rings. The van der Waals surface area contributed by atoms with Crippen LogP contribution in [0, 0.1) is 11.8 Å². The lowest BCUT2D eigenvalue weighted by atomic mass is 9.81. The maximum atomic E-state index is 12.4. The van der Waals surface area contributed by atoms with Crippen molar-refractivity contribution in [2.75, 3.05) is 4.90 Å². The summed E-state index contributed by atoms with van der Waals surface area (Å²) in [6, 6.07) is 7.08. The van der Waals surface area contributed by atoms with Gasteiger partial charge in [0.25, 0.3) is 0 Å². The lowest BCUT2D eigenvalue weighted by Crippen LogP contribution is -2.35. The molecule has 1 saturated carbocycles. The van der Waals surface area contributed by atoms with Crippen LogP contribution in [0.25, 0.3) is 0 Å². The second-order valence-electron chi connectivity index (χ2n) is 5.15. The van der Waals surface area contributed by atoms with Crippen LogP contribution in [0.3, 0.4) is 0 Å². The molecule has 2 aliphatic rings. The van der Waals surface area contributed by atoms with Gasteiger partial charge in [-0.3, -0.25) is 9.69 Å². The van der Waals surface area contributed by atoms with E-state index in [1.54, 1.807) is 24.3 Å². The van der Waals surface area contributed by atoms with E-state index in [1.165, 1.54) is 4.90 Å². The number of fused-ring (bicyclic) bond motifs is 1. The molecule has 1 aliphatic heterocycles. The van der Waals surface area contributed by atoms with Crippen molar-refractivity contribution >= 4 is 23.2 Å². The number of carbonyl (C=O) groups excluding carboxylic acids is 1. The number of anilines is 1. The number of nitrogens with zero attached hydrogens (tertiary/aromatic N) is 1. The van der Waals surface area contributed by atoms with Crippen molar-refractivity contribution in [3.63, 3.8) is 0 Å². The van der Waals surface area contributed by atoms with Gasteiger partial charge < -0.3 is 5.11 Å². The lowest BCUT2D eigenvalue weighted by Gasteiger charge is -2.25. The van der Waals surface area contributed by atoms with Crippen LogP contribution in [-0.2, 0) is 4.79 Å². The minimum atomic E-state index is -0.677. The molecular weight excluding hydrogens is 250 g/mol. The summed E-state index contributed by atoms with van der Waals surface area (Å²) < 4.78 is 0. The van der Waals surface area contributed by atoms with Gasteiger partial charge in [0, 0.05) is 22.5 Å². The van der Waals surface area contributed by atoms with Gasteiger partial charge in [-0.25, -0.2) is 0 Å². The second-order valence-corrected chi connectivity index (χ2v) is 5.59. The largest absolute Gasteiger partial charge is 0.373 e. The molecule has 0 spiro atoms. The minimum Gasteiger partial charge on any atom is -0.373 e. The number of carbonyl (C=O) groups is 1. The third-order valence-electron chi connectivity index (χ3n) is 4.13. The van der Waals surface area contributed by atoms with E-state index in [9.17, 15) is 9.90 Å². The van der Waals surface area contributed by atoms with Gasteiger partial charge in [-0.1, -0.05) is 24.4 Å². The molecule has 1 aromatic rings. The molecule has 3 nitrogen and oxygen atoms in total. The topological polar surface area (TPSA) is 40.5 Å². The highest BCUT2D eigenvalue weighted by Crippen LogP contribution is 2.42. The van der Waals surface area contributed by atoms with Crippen LogP contribution in [0.15, 0.2) is 24.3 Å². The summed E-state index contributed by atoms with van der Waals surface area (Å²) in [6.07, 6.45) is 3.38. The highest BCUT2D eigenvalue weighted by atomic mass is 35.5. The zero-order valence-corrected chi connectivity index (χ0v) is 10.8. The van der Waals surface area contributed by atoms with Crippen molar-refractivity contribution in [3.05, 3.63) is 29.3 Å². The van der Waals surface area contributed by atoms with Crippen LogP contribution in [0.2, 0.25) is 5.02 Å². The molecule has 1 saturated heterocycles. The molecule has 1 N–H and O–H groups in total. The molecule has 0 bridgehead atoms. The number of hydrogen-bond donors (Lipinski definition) is 1. The first kappa shape index (κ1) is 12.0. The van der Waals surface area contributed by atoms with Crippen molar-refractivity contribution < 1.29 is 9.90 Å². The third kappa shape index (κ3) is 1.82. The average molecular weight is 266 g/mol. The first-order valence-electron chi connectivity index (χ1n) is 6.45. The third-order valence-corrected chi connectivity index (χ3v) is 4.38. The summed E-state index contributed by atoms with van der Waals surface area (Å²) in [5, 5.41) is 11.0. The highest BCUT2D eigenvalue weighted by molar-refractivity contribution is 6.30. The van der Waals surface area contributed by atoms with E-state index in [2.05, 4.69) is 0 Å². The number of aliphatic hydroxyl groups excluding tert-OH is 1. The van der Waals surface area contributed by atoms with E-state index in [4.69, 9.17) is 11.6 Å². The Bertz CT molecular complexity index is 459. The highest BCUT2D eigenvalue weighted by Gasteiger charge is 2.48. The Morgan fingerprint density at radius 1 is 1.17 bits per heavy atom. The molecule has 4 heteroatoms. The van der Waals surface area contributed by atoms with Crippen molar-refractivity contribution in [2.24, 2.45) is 11.8 Å². The van der Waals surface area contributed by atoms with Crippen LogP contribution in [0.1, 0.15) is 25.7 Å². The van der Waals surface area contributed by atoms with Gasteiger partial charge in [-0.05, 0) is 37.1 Å². The normalized spacial score (nSPS) is 31.6. The fraction of sp³-hybridized carbons (Fsp3) is 0.500. The van der Waals surface area contributed by atoms with E-state index in [-0.39, 0.29) is 17.7 Å². The molecule has 96 valence electrons. The molecular formula is C14H16ClNO2. The Labute approximate surface area is 111 Å². The van der Waals surface area contributed by atoms with Crippen LogP contribution in [-0.4, -0.2) is 17.2 Å². The quantitative estimate of drug-likeness (QED) is 0.848. The number of rotatable bonds is 1. The predicted octanol–water partition coefficient (Wildman–Crippen LogP) is 2.81. The predicted molar refractivity (Wildman–Crippen MR) is 70.4 cm³/mol. The molecule has 3 rings (SSSR count). The molecule has 18 heavy (non-hydrogen) atoms. The zero-order chi connectivity index (χ0) is 12.7. The summed E-state index contributed by atoms with van der Waals surface area (Å²) in [5.41, 5.74) is 0.742. The minimum absolute atomic E-state index is 0.00410. The fourth-order valence-electron chi connectivity index (χ4n) is 3.21. The van der Waals surface area contributed by atoms with Gasteiger partial charge in [0.05, 0.1) is 0 Å². The SMILES string of the molecule is O=C1[C@H]2CCCC[C@H]2[C@@H](O)N1c1ccc(Cl)cc1. The van der Waals surface area contributed by atoms with Crippen LogP contribution in [0.5, 0.6) is 0 Å². The number of hydrogen-bond acceptors (Lipinski definition) is 2. The second kappa shape index (κ2) is 4.56. The Morgan fingerprint density at radius 2 is 1.83 bits per heavy atom.